The Morgan fingerprint density at radius 3 is 2.26 bits per heavy atom. The largest absolute Gasteiger partial charge is 0.312 e. The number of halogens is 3. The van der Waals surface area contributed by atoms with E-state index < -0.39 is 11.6 Å². The van der Waals surface area contributed by atoms with E-state index in [0.29, 0.717) is 6.54 Å². The smallest absolute Gasteiger partial charge is 0.159 e. The summed E-state index contributed by atoms with van der Waals surface area (Å²) in [6, 6.07) is 11.6. The SMILES string of the molecule is Fc1ccc(CNCCc2ccc(Cl)cc2)cc1F. The lowest BCUT2D eigenvalue weighted by molar-refractivity contribution is 0.506. The fourth-order valence-corrected chi connectivity index (χ4v) is 1.89. The molecule has 0 aromatic heterocycles. The molecule has 0 bridgehead atoms. The number of hydrogen-bond donors (Lipinski definition) is 1. The summed E-state index contributed by atoms with van der Waals surface area (Å²) < 4.78 is 25.7. The van der Waals surface area contributed by atoms with Gasteiger partial charge in [0.1, 0.15) is 0 Å². The quantitative estimate of drug-likeness (QED) is 0.818. The molecule has 19 heavy (non-hydrogen) atoms. The van der Waals surface area contributed by atoms with Crippen LogP contribution in [0.1, 0.15) is 11.1 Å². The van der Waals surface area contributed by atoms with Crippen molar-refractivity contribution in [2.45, 2.75) is 13.0 Å². The molecule has 0 heterocycles. The summed E-state index contributed by atoms with van der Waals surface area (Å²) in [5, 5.41) is 3.91. The van der Waals surface area contributed by atoms with E-state index in [9.17, 15) is 8.78 Å². The Bertz CT molecular complexity index is 540. The highest BCUT2D eigenvalue weighted by Crippen LogP contribution is 2.10. The average Bonchev–Trinajstić information content (AvgIpc) is 2.41. The van der Waals surface area contributed by atoms with Gasteiger partial charge in [-0.3, -0.25) is 0 Å². The molecule has 2 rings (SSSR count). The molecule has 0 saturated carbocycles. The molecule has 1 N–H and O–H groups in total. The molecular formula is C15H14ClF2N. The Hall–Kier alpha value is -1.45. The molecule has 100 valence electrons. The second-order valence-electron chi connectivity index (χ2n) is 4.30. The van der Waals surface area contributed by atoms with Crippen LogP contribution in [-0.2, 0) is 13.0 Å². The lowest BCUT2D eigenvalue weighted by atomic mass is 10.1. The van der Waals surface area contributed by atoms with Crippen LogP contribution in [0, 0.1) is 11.6 Å². The van der Waals surface area contributed by atoms with Crippen molar-refractivity contribution in [3.63, 3.8) is 0 Å². The van der Waals surface area contributed by atoms with Crippen molar-refractivity contribution in [3.05, 3.63) is 70.2 Å². The highest BCUT2D eigenvalue weighted by molar-refractivity contribution is 6.30. The molecule has 0 atom stereocenters. The lowest BCUT2D eigenvalue weighted by Gasteiger charge is -2.06. The normalized spacial score (nSPS) is 10.7. The van der Waals surface area contributed by atoms with Crippen LogP contribution >= 0.6 is 11.6 Å². The summed E-state index contributed by atoms with van der Waals surface area (Å²) in [6.45, 7) is 1.28. The summed E-state index contributed by atoms with van der Waals surface area (Å²) in [5.41, 5.74) is 1.91. The molecule has 0 aliphatic heterocycles. The van der Waals surface area contributed by atoms with E-state index in [1.165, 1.54) is 11.6 Å². The number of nitrogens with one attached hydrogen (secondary N) is 1. The van der Waals surface area contributed by atoms with Crippen LogP contribution in [0.4, 0.5) is 8.78 Å². The van der Waals surface area contributed by atoms with Gasteiger partial charge in [0.05, 0.1) is 0 Å². The Labute approximate surface area is 116 Å². The van der Waals surface area contributed by atoms with Gasteiger partial charge in [-0.15, -0.1) is 0 Å². The zero-order valence-electron chi connectivity index (χ0n) is 10.3. The maximum absolute atomic E-state index is 13.0. The number of rotatable bonds is 5. The zero-order chi connectivity index (χ0) is 13.7. The van der Waals surface area contributed by atoms with Crippen molar-refractivity contribution in [1.29, 1.82) is 0 Å². The van der Waals surface area contributed by atoms with Crippen molar-refractivity contribution in [2.24, 2.45) is 0 Å². The fourth-order valence-electron chi connectivity index (χ4n) is 1.77. The van der Waals surface area contributed by atoms with Crippen LogP contribution in [0.5, 0.6) is 0 Å². The minimum Gasteiger partial charge on any atom is -0.312 e. The molecule has 4 heteroatoms. The van der Waals surface area contributed by atoms with Crippen LogP contribution in [0.2, 0.25) is 5.02 Å². The van der Waals surface area contributed by atoms with Gasteiger partial charge in [-0.2, -0.15) is 0 Å². The van der Waals surface area contributed by atoms with E-state index >= 15 is 0 Å². The first-order chi connectivity index (χ1) is 9.15. The lowest BCUT2D eigenvalue weighted by Crippen LogP contribution is -2.16. The Morgan fingerprint density at radius 1 is 0.895 bits per heavy atom. The van der Waals surface area contributed by atoms with E-state index in [0.717, 1.165) is 29.6 Å². The van der Waals surface area contributed by atoms with Gasteiger partial charge in [-0.25, -0.2) is 8.78 Å². The molecule has 0 spiro atoms. The third-order valence-corrected chi connectivity index (χ3v) is 3.07. The van der Waals surface area contributed by atoms with E-state index in [-0.39, 0.29) is 0 Å². The Balaban J connectivity index is 1.77. The van der Waals surface area contributed by atoms with E-state index in [2.05, 4.69) is 5.32 Å². The van der Waals surface area contributed by atoms with E-state index in [1.54, 1.807) is 6.07 Å². The predicted octanol–water partition coefficient (Wildman–Crippen LogP) is 3.95. The van der Waals surface area contributed by atoms with Gasteiger partial charge in [-0.1, -0.05) is 29.8 Å². The minimum atomic E-state index is -0.815. The molecule has 0 unspecified atom stereocenters. The molecule has 2 aromatic carbocycles. The topological polar surface area (TPSA) is 12.0 Å². The Morgan fingerprint density at radius 2 is 1.58 bits per heavy atom. The highest BCUT2D eigenvalue weighted by Gasteiger charge is 2.02. The van der Waals surface area contributed by atoms with Crippen LogP contribution in [-0.4, -0.2) is 6.54 Å². The van der Waals surface area contributed by atoms with Gasteiger partial charge in [-0.05, 0) is 48.4 Å². The minimum absolute atomic E-state index is 0.519. The summed E-state index contributed by atoms with van der Waals surface area (Å²) in [5.74, 6) is -1.62. The van der Waals surface area contributed by atoms with Gasteiger partial charge in [0.15, 0.2) is 11.6 Å². The molecule has 0 amide bonds. The van der Waals surface area contributed by atoms with Gasteiger partial charge in [0, 0.05) is 11.6 Å². The zero-order valence-corrected chi connectivity index (χ0v) is 11.1. The number of benzene rings is 2. The first-order valence-corrected chi connectivity index (χ1v) is 6.42. The van der Waals surface area contributed by atoms with Crippen molar-refractivity contribution in [1.82, 2.24) is 5.32 Å². The van der Waals surface area contributed by atoms with E-state index in [1.807, 2.05) is 24.3 Å². The molecule has 0 aliphatic rings. The predicted molar refractivity (Wildman–Crippen MR) is 73.2 cm³/mol. The molecule has 1 nitrogen and oxygen atoms in total. The van der Waals surface area contributed by atoms with Crippen molar-refractivity contribution in [3.8, 4) is 0 Å². The van der Waals surface area contributed by atoms with Gasteiger partial charge in [0.2, 0.25) is 0 Å². The molecule has 2 aromatic rings. The fraction of sp³-hybridized carbons (Fsp3) is 0.200. The maximum Gasteiger partial charge on any atom is 0.159 e. The molecule has 0 saturated heterocycles. The van der Waals surface area contributed by atoms with Gasteiger partial charge in [0.25, 0.3) is 0 Å². The van der Waals surface area contributed by atoms with Gasteiger partial charge >= 0.3 is 0 Å². The third-order valence-electron chi connectivity index (χ3n) is 2.82. The summed E-state index contributed by atoms with van der Waals surface area (Å²) in [4.78, 5) is 0. The van der Waals surface area contributed by atoms with Gasteiger partial charge < -0.3 is 5.32 Å². The highest BCUT2D eigenvalue weighted by atomic mass is 35.5. The van der Waals surface area contributed by atoms with Crippen LogP contribution in [0.3, 0.4) is 0 Å². The van der Waals surface area contributed by atoms with Crippen molar-refractivity contribution in [2.75, 3.05) is 6.54 Å². The van der Waals surface area contributed by atoms with Crippen molar-refractivity contribution >= 4 is 11.6 Å². The second-order valence-corrected chi connectivity index (χ2v) is 4.74. The summed E-state index contributed by atoms with van der Waals surface area (Å²) >= 11 is 5.80. The average molecular weight is 282 g/mol. The molecular weight excluding hydrogens is 268 g/mol. The first-order valence-electron chi connectivity index (χ1n) is 6.04. The summed E-state index contributed by atoms with van der Waals surface area (Å²) in [7, 11) is 0. The monoisotopic (exact) mass is 281 g/mol. The van der Waals surface area contributed by atoms with Crippen LogP contribution in [0.15, 0.2) is 42.5 Å². The Kier molecular flexibility index (Phi) is 4.88. The first kappa shape index (κ1) is 14.0. The van der Waals surface area contributed by atoms with Crippen LogP contribution in [0.25, 0.3) is 0 Å². The van der Waals surface area contributed by atoms with E-state index in [4.69, 9.17) is 11.6 Å². The van der Waals surface area contributed by atoms with Crippen molar-refractivity contribution < 1.29 is 8.78 Å². The molecule has 0 aliphatic carbocycles. The third kappa shape index (κ3) is 4.30. The standard InChI is InChI=1S/C15H14ClF2N/c16-13-4-1-11(2-5-13)7-8-19-10-12-3-6-14(17)15(18)9-12/h1-6,9,19H,7-8,10H2. The maximum atomic E-state index is 13.0. The molecule has 0 fully saturated rings. The summed E-state index contributed by atoms with van der Waals surface area (Å²) in [6.07, 6.45) is 0.862. The molecule has 0 radical (unpaired) electrons. The van der Waals surface area contributed by atoms with Crippen LogP contribution < -0.4 is 5.32 Å². The second kappa shape index (κ2) is 6.64. The number of hydrogen-bond acceptors (Lipinski definition) is 1.